The van der Waals surface area contributed by atoms with Gasteiger partial charge < -0.3 is 5.32 Å². The van der Waals surface area contributed by atoms with Crippen molar-refractivity contribution in [2.24, 2.45) is 5.92 Å². The first-order valence-corrected chi connectivity index (χ1v) is 10.5. The normalized spacial score (nSPS) is 21.6. The van der Waals surface area contributed by atoms with E-state index in [0.29, 0.717) is 5.92 Å². The molecule has 2 rings (SSSR count). The van der Waals surface area contributed by atoms with E-state index in [1.807, 2.05) is 0 Å². The van der Waals surface area contributed by atoms with Gasteiger partial charge in [0.05, 0.1) is 15.5 Å². The molecular formula is C18H27ClN2O3S. The molecule has 0 unspecified atom stereocenters. The van der Waals surface area contributed by atoms with Crippen molar-refractivity contribution < 1.29 is 13.2 Å². The molecule has 1 amide bonds. The first-order chi connectivity index (χ1) is 11.6. The summed E-state index contributed by atoms with van der Waals surface area (Å²) in [6.45, 7) is 5.81. The Morgan fingerprint density at radius 3 is 2.40 bits per heavy atom. The van der Waals surface area contributed by atoms with Gasteiger partial charge in [0.2, 0.25) is 10.0 Å². The van der Waals surface area contributed by atoms with E-state index in [9.17, 15) is 13.2 Å². The molecule has 0 aromatic heterocycles. The number of amides is 1. The van der Waals surface area contributed by atoms with E-state index >= 15 is 0 Å². The number of nitrogens with zero attached hydrogens (tertiary/aromatic N) is 1. The SMILES string of the molecule is CC1CCC(NC(=O)c2cc(S(=O)(=O)N(C)C(C)C)ccc2Cl)CC1. The van der Waals surface area contributed by atoms with Crippen molar-refractivity contribution in [1.82, 2.24) is 9.62 Å². The third-order valence-electron chi connectivity index (χ3n) is 4.94. The molecular weight excluding hydrogens is 360 g/mol. The van der Waals surface area contributed by atoms with Gasteiger partial charge in [-0.25, -0.2) is 8.42 Å². The standard InChI is InChI=1S/C18H27ClN2O3S/c1-12(2)21(4)25(23,24)15-9-10-17(19)16(11-15)18(22)20-14-7-5-13(3)6-8-14/h9-14H,5-8H2,1-4H3,(H,20,22). The van der Waals surface area contributed by atoms with Crippen molar-refractivity contribution in [2.45, 2.75) is 63.4 Å². The van der Waals surface area contributed by atoms with E-state index in [2.05, 4.69) is 12.2 Å². The number of carbonyl (C=O) groups is 1. The maximum atomic E-state index is 12.6. The van der Waals surface area contributed by atoms with Crippen LogP contribution in [-0.4, -0.2) is 37.8 Å². The lowest BCUT2D eigenvalue weighted by atomic mass is 9.87. The summed E-state index contributed by atoms with van der Waals surface area (Å²) in [4.78, 5) is 12.7. The quantitative estimate of drug-likeness (QED) is 0.839. The number of benzene rings is 1. The molecule has 1 saturated carbocycles. The Bertz CT molecular complexity index is 726. The minimum atomic E-state index is -3.66. The predicted octanol–water partition coefficient (Wildman–Crippen LogP) is 3.68. The van der Waals surface area contributed by atoms with Gasteiger partial charge in [-0.05, 0) is 63.6 Å². The molecule has 1 aromatic carbocycles. The molecule has 0 heterocycles. The second kappa shape index (κ2) is 8.06. The average Bonchev–Trinajstić information content (AvgIpc) is 2.56. The zero-order valence-electron chi connectivity index (χ0n) is 15.3. The smallest absolute Gasteiger partial charge is 0.253 e. The molecule has 0 atom stereocenters. The predicted molar refractivity (Wildman–Crippen MR) is 100 cm³/mol. The second-order valence-corrected chi connectivity index (χ2v) is 9.59. The molecule has 0 radical (unpaired) electrons. The highest BCUT2D eigenvalue weighted by molar-refractivity contribution is 7.89. The van der Waals surface area contributed by atoms with Crippen molar-refractivity contribution in [3.63, 3.8) is 0 Å². The Morgan fingerprint density at radius 2 is 1.84 bits per heavy atom. The highest BCUT2D eigenvalue weighted by Gasteiger charge is 2.26. The Kier molecular flexibility index (Phi) is 6.51. The summed E-state index contributed by atoms with van der Waals surface area (Å²) < 4.78 is 26.6. The van der Waals surface area contributed by atoms with E-state index in [4.69, 9.17) is 11.6 Å². The summed E-state index contributed by atoms with van der Waals surface area (Å²) in [5.41, 5.74) is 0.207. The highest BCUT2D eigenvalue weighted by atomic mass is 35.5. The number of carbonyl (C=O) groups excluding carboxylic acids is 1. The van der Waals surface area contributed by atoms with Crippen LogP contribution in [-0.2, 0) is 10.0 Å². The van der Waals surface area contributed by atoms with Crippen molar-refractivity contribution in [1.29, 1.82) is 0 Å². The molecule has 0 saturated heterocycles. The Morgan fingerprint density at radius 1 is 1.24 bits per heavy atom. The summed E-state index contributed by atoms with van der Waals surface area (Å²) >= 11 is 6.15. The van der Waals surface area contributed by atoms with E-state index < -0.39 is 10.0 Å². The molecule has 0 aliphatic heterocycles. The van der Waals surface area contributed by atoms with Crippen LogP contribution in [0.3, 0.4) is 0 Å². The van der Waals surface area contributed by atoms with Gasteiger partial charge in [0.15, 0.2) is 0 Å². The van der Waals surface area contributed by atoms with Gasteiger partial charge in [-0.15, -0.1) is 0 Å². The summed E-state index contributed by atoms with van der Waals surface area (Å²) in [6.07, 6.45) is 4.07. The fourth-order valence-electron chi connectivity index (χ4n) is 2.95. The summed E-state index contributed by atoms with van der Waals surface area (Å²) in [7, 11) is -2.13. The van der Waals surface area contributed by atoms with E-state index in [0.717, 1.165) is 25.7 Å². The number of hydrogen-bond donors (Lipinski definition) is 1. The van der Waals surface area contributed by atoms with Crippen LogP contribution in [0.15, 0.2) is 23.1 Å². The molecule has 0 bridgehead atoms. The minimum Gasteiger partial charge on any atom is -0.349 e. The van der Waals surface area contributed by atoms with Crippen LogP contribution in [0.5, 0.6) is 0 Å². The lowest BCUT2D eigenvalue weighted by Gasteiger charge is -2.27. The largest absolute Gasteiger partial charge is 0.349 e. The van der Waals surface area contributed by atoms with E-state index in [1.54, 1.807) is 13.8 Å². The molecule has 1 aliphatic rings. The maximum Gasteiger partial charge on any atom is 0.253 e. The molecule has 1 fully saturated rings. The van der Waals surface area contributed by atoms with Crippen LogP contribution >= 0.6 is 11.6 Å². The molecule has 1 aromatic rings. The van der Waals surface area contributed by atoms with Gasteiger partial charge in [0, 0.05) is 19.1 Å². The van der Waals surface area contributed by atoms with Crippen molar-refractivity contribution in [2.75, 3.05) is 7.05 Å². The Labute approximate surface area is 155 Å². The molecule has 5 nitrogen and oxygen atoms in total. The first kappa shape index (κ1) is 20.2. The number of halogens is 1. The Balaban J connectivity index is 2.22. The van der Waals surface area contributed by atoms with E-state index in [-0.39, 0.29) is 33.5 Å². The van der Waals surface area contributed by atoms with Crippen LogP contribution in [0.2, 0.25) is 5.02 Å². The molecule has 7 heteroatoms. The van der Waals surface area contributed by atoms with Gasteiger partial charge >= 0.3 is 0 Å². The maximum absolute atomic E-state index is 12.6. The van der Waals surface area contributed by atoms with Crippen molar-refractivity contribution in [3.8, 4) is 0 Å². The minimum absolute atomic E-state index is 0.0792. The van der Waals surface area contributed by atoms with Crippen molar-refractivity contribution in [3.05, 3.63) is 28.8 Å². The number of nitrogens with one attached hydrogen (secondary N) is 1. The van der Waals surface area contributed by atoms with Gasteiger partial charge in [0.1, 0.15) is 0 Å². The van der Waals surface area contributed by atoms with Crippen LogP contribution in [0.25, 0.3) is 0 Å². The molecule has 140 valence electrons. The number of rotatable bonds is 5. The first-order valence-electron chi connectivity index (χ1n) is 8.71. The number of sulfonamides is 1. The van der Waals surface area contributed by atoms with Crippen molar-refractivity contribution >= 4 is 27.5 Å². The Hall–Kier alpha value is -1.11. The topological polar surface area (TPSA) is 66.5 Å². The zero-order chi connectivity index (χ0) is 18.8. The third-order valence-corrected chi connectivity index (χ3v) is 7.30. The van der Waals surface area contributed by atoms with Crippen LogP contribution in [0, 0.1) is 5.92 Å². The molecule has 1 aliphatic carbocycles. The van der Waals surface area contributed by atoms with Crippen LogP contribution < -0.4 is 5.32 Å². The number of hydrogen-bond acceptors (Lipinski definition) is 3. The molecule has 0 spiro atoms. The monoisotopic (exact) mass is 386 g/mol. The van der Waals surface area contributed by atoms with Gasteiger partial charge in [-0.1, -0.05) is 18.5 Å². The van der Waals surface area contributed by atoms with Crippen LogP contribution in [0.1, 0.15) is 56.8 Å². The second-order valence-electron chi connectivity index (χ2n) is 7.19. The highest BCUT2D eigenvalue weighted by Crippen LogP contribution is 2.26. The summed E-state index contributed by atoms with van der Waals surface area (Å²) in [5.74, 6) is 0.380. The van der Waals surface area contributed by atoms with Gasteiger partial charge in [-0.3, -0.25) is 4.79 Å². The fourth-order valence-corrected chi connectivity index (χ4v) is 4.55. The lowest BCUT2D eigenvalue weighted by Crippen LogP contribution is -2.37. The summed E-state index contributed by atoms with van der Waals surface area (Å²) in [5, 5.41) is 3.25. The third kappa shape index (κ3) is 4.74. The summed E-state index contributed by atoms with van der Waals surface area (Å²) in [6, 6.07) is 4.23. The van der Waals surface area contributed by atoms with Crippen LogP contribution in [0.4, 0.5) is 0 Å². The van der Waals surface area contributed by atoms with Gasteiger partial charge in [-0.2, -0.15) is 4.31 Å². The zero-order valence-corrected chi connectivity index (χ0v) is 16.8. The molecule has 1 N–H and O–H groups in total. The molecule has 25 heavy (non-hydrogen) atoms. The fraction of sp³-hybridized carbons (Fsp3) is 0.611. The lowest BCUT2D eigenvalue weighted by molar-refractivity contribution is 0.0923. The average molecular weight is 387 g/mol. The van der Waals surface area contributed by atoms with E-state index in [1.165, 1.54) is 29.6 Å². The van der Waals surface area contributed by atoms with Gasteiger partial charge in [0.25, 0.3) is 5.91 Å².